The minimum Gasteiger partial charge on any atom is -0.452 e. The van der Waals surface area contributed by atoms with Crippen molar-refractivity contribution < 1.29 is 19.8 Å². The normalized spacial score (nSPS) is 13.8. The summed E-state index contributed by atoms with van der Waals surface area (Å²) in [4.78, 5) is 0. The summed E-state index contributed by atoms with van der Waals surface area (Å²) in [6.07, 6.45) is 0. The fourth-order valence-corrected chi connectivity index (χ4v) is 7.99. The number of hydrogen-bond acceptors (Lipinski definition) is 2. The highest BCUT2D eigenvalue weighted by atomic mass is 16.4. The van der Waals surface area contributed by atoms with Gasteiger partial charge in [-0.05, 0) is 78.7 Å². The molecular weight excluding hydrogens is 657 g/mol. The van der Waals surface area contributed by atoms with Gasteiger partial charge in [0.05, 0.1) is 11.0 Å². The van der Waals surface area contributed by atoms with Crippen molar-refractivity contribution in [3.63, 3.8) is 0 Å². The Morgan fingerprint density at radius 2 is 0.796 bits per heavy atom. The van der Waals surface area contributed by atoms with Crippen LogP contribution in [0.25, 0.3) is 110 Å². The Morgan fingerprint density at radius 3 is 1.37 bits per heavy atom. The number of fused-ring (bicyclic) bond motifs is 7. The number of hydrogen-bond donors (Lipinski definition) is 0. The zero-order chi connectivity index (χ0) is 42.6. The van der Waals surface area contributed by atoms with Crippen LogP contribution >= 0.6 is 0 Å². The van der Waals surface area contributed by atoms with Gasteiger partial charge in [-0.25, -0.2) is 0 Å². The van der Waals surface area contributed by atoms with Gasteiger partial charge >= 0.3 is 0 Å². The summed E-state index contributed by atoms with van der Waals surface area (Å²) in [6.45, 7) is 0. The third-order valence-electron chi connectivity index (χ3n) is 10.3. The lowest BCUT2D eigenvalue weighted by Gasteiger charge is -2.18. The first kappa shape index (κ1) is 23.4. The second-order valence-electron chi connectivity index (χ2n) is 13.3. The standard InChI is InChI=1S/C52H32O2/c1-4-15-34(16-5-1)46-39-21-10-12-23-41(39)47(42-24-13-11-22-40(42)46)36-29-27-33(28-30-36)38-25-14-26-45-49(38)44-32-31-43-48(35-17-6-2-7-18-35)50(37-19-8-3-9-20-37)54-52(43)51(44)53-45/h1-32H/i10D,11D,12D,13D,21D,22D,23D,24D. The maximum atomic E-state index is 9.27. The number of benzene rings is 9. The highest BCUT2D eigenvalue weighted by molar-refractivity contribution is 6.22. The SMILES string of the molecule is [2H]c1c([2H])c([2H])c2c(-c3ccc(-c4cccc5oc6c(ccc7c(-c8ccccc8)c(-c8ccccc8)oc76)c45)cc3)c3c([2H])c([2H])c([2H])c([2H])c3c(-c3ccccc3)c2c1[2H]. The first-order valence-corrected chi connectivity index (χ1v) is 17.8. The minimum absolute atomic E-state index is 0.176. The van der Waals surface area contributed by atoms with Crippen LogP contribution in [-0.2, 0) is 0 Å². The van der Waals surface area contributed by atoms with Crippen molar-refractivity contribution in [3.05, 3.63) is 194 Å². The van der Waals surface area contributed by atoms with Gasteiger partial charge in [0.15, 0.2) is 11.2 Å². The Hall–Kier alpha value is -7.16. The van der Waals surface area contributed by atoms with Crippen LogP contribution < -0.4 is 0 Å². The van der Waals surface area contributed by atoms with Gasteiger partial charge in [-0.3, -0.25) is 0 Å². The van der Waals surface area contributed by atoms with E-state index in [0.717, 1.165) is 49.7 Å². The van der Waals surface area contributed by atoms with E-state index in [9.17, 15) is 5.48 Å². The summed E-state index contributed by atoms with van der Waals surface area (Å²) < 4.78 is 85.2. The molecule has 0 fully saturated rings. The lowest BCUT2D eigenvalue weighted by molar-refractivity contribution is 0.612. The Bertz CT molecular complexity index is 3560. The van der Waals surface area contributed by atoms with Gasteiger partial charge in [0, 0.05) is 27.3 Å². The van der Waals surface area contributed by atoms with Gasteiger partial charge in [0.25, 0.3) is 0 Å². The molecule has 0 spiro atoms. The molecule has 0 amide bonds. The molecule has 0 radical (unpaired) electrons. The molecule has 2 heterocycles. The summed E-state index contributed by atoms with van der Waals surface area (Å²) in [5, 5.41) is 3.42. The molecule has 0 aliphatic rings. The van der Waals surface area contributed by atoms with Gasteiger partial charge in [-0.1, -0.05) is 176 Å². The Balaban J connectivity index is 1.15. The van der Waals surface area contributed by atoms with E-state index in [4.69, 9.17) is 14.3 Å². The first-order chi connectivity index (χ1) is 30.1. The van der Waals surface area contributed by atoms with Crippen molar-refractivity contribution in [1.29, 1.82) is 0 Å². The van der Waals surface area contributed by atoms with Crippen molar-refractivity contribution in [3.8, 4) is 55.8 Å². The number of rotatable bonds is 5. The van der Waals surface area contributed by atoms with Gasteiger partial charge in [-0.2, -0.15) is 0 Å². The van der Waals surface area contributed by atoms with Crippen molar-refractivity contribution in [2.75, 3.05) is 0 Å². The minimum atomic E-state index is -0.435. The summed E-state index contributed by atoms with van der Waals surface area (Å²) in [7, 11) is 0. The lowest BCUT2D eigenvalue weighted by atomic mass is 9.85. The fraction of sp³-hybridized carbons (Fsp3) is 0. The fourth-order valence-electron chi connectivity index (χ4n) is 7.99. The van der Waals surface area contributed by atoms with Gasteiger partial charge < -0.3 is 8.83 Å². The maximum absolute atomic E-state index is 9.27. The molecule has 0 N–H and O–H groups in total. The summed E-state index contributed by atoms with van der Waals surface area (Å²) >= 11 is 0. The van der Waals surface area contributed by atoms with Gasteiger partial charge in [-0.15, -0.1) is 0 Å². The van der Waals surface area contributed by atoms with Crippen LogP contribution in [0.5, 0.6) is 0 Å². The molecular formula is C52H32O2. The largest absolute Gasteiger partial charge is 0.452 e. The second kappa shape index (κ2) is 12.2. The van der Waals surface area contributed by atoms with Gasteiger partial charge in [0.2, 0.25) is 0 Å². The van der Waals surface area contributed by atoms with E-state index < -0.39 is 24.2 Å². The van der Waals surface area contributed by atoms with Crippen molar-refractivity contribution in [2.45, 2.75) is 0 Å². The molecule has 0 saturated carbocycles. The van der Waals surface area contributed by atoms with Crippen molar-refractivity contribution >= 4 is 54.5 Å². The lowest BCUT2D eigenvalue weighted by Crippen LogP contribution is -1.90. The van der Waals surface area contributed by atoms with Crippen LogP contribution in [0.2, 0.25) is 0 Å². The summed E-state index contributed by atoms with van der Waals surface area (Å²) in [5.74, 6) is 0.752. The van der Waals surface area contributed by atoms with Crippen molar-refractivity contribution in [1.82, 2.24) is 0 Å². The van der Waals surface area contributed by atoms with Crippen LogP contribution in [0.3, 0.4) is 0 Å². The molecule has 0 unspecified atom stereocenters. The van der Waals surface area contributed by atoms with E-state index >= 15 is 0 Å². The molecule has 252 valence electrons. The molecule has 0 aliphatic heterocycles. The maximum Gasteiger partial charge on any atom is 0.178 e. The molecule has 11 rings (SSSR count). The molecule has 0 saturated heterocycles. The molecule has 2 nitrogen and oxygen atoms in total. The topological polar surface area (TPSA) is 26.3 Å². The van der Waals surface area contributed by atoms with Crippen LogP contribution in [0.4, 0.5) is 0 Å². The Kier molecular flexibility index (Phi) is 5.30. The monoisotopic (exact) mass is 696 g/mol. The Morgan fingerprint density at radius 1 is 0.333 bits per heavy atom. The summed E-state index contributed by atoms with van der Waals surface area (Å²) in [6, 6.07) is 43.9. The van der Waals surface area contributed by atoms with E-state index in [1.807, 2.05) is 97.1 Å². The summed E-state index contributed by atoms with van der Waals surface area (Å²) in [5.41, 5.74) is 8.37. The molecule has 9 aromatic carbocycles. The number of furan rings is 2. The van der Waals surface area contributed by atoms with Crippen molar-refractivity contribution in [2.24, 2.45) is 0 Å². The van der Waals surface area contributed by atoms with E-state index in [-0.39, 0.29) is 45.7 Å². The zero-order valence-electron chi connectivity index (χ0n) is 36.7. The third kappa shape index (κ3) is 4.67. The highest BCUT2D eigenvalue weighted by Gasteiger charge is 2.23. The van der Waals surface area contributed by atoms with E-state index in [1.54, 1.807) is 24.3 Å². The van der Waals surface area contributed by atoms with Crippen LogP contribution in [0.15, 0.2) is 203 Å². The quantitative estimate of drug-likeness (QED) is 0.167. The van der Waals surface area contributed by atoms with E-state index in [0.29, 0.717) is 39.0 Å². The van der Waals surface area contributed by atoms with Crippen LogP contribution in [-0.4, -0.2) is 0 Å². The highest BCUT2D eigenvalue weighted by Crippen LogP contribution is 2.47. The predicted molar refractivity (Wildman–Crippen MR) is 226 cm³/mol. The zero-order valence-corrected chi connectivity index (χ0v) is 28.7. The first-order valence-electron chi connectivity index (χ1n) is 21.8. The molecule has 54 heavy (non-hydrogen) atoms. The van der Waals surface area contributed by atoms with Gasteiger partial charge in [0.1, 0.15) is 11.3 Å². The molecule has 0 atom stereocenters. The average molecular weight is 697 g/mol. The molecule has 2 heteroatoms. The molecule has 2 aromatic heterocycles. The average Bonchev–Trinajstić information content (AvgIpc) is 3.91. The second-order valence-corrected chi connectivity index (χ2v) is 13.3. The smallest absolute Gasteiger partial charge is 0.178 e. The molecule has 0 bridgehead atoms. The Labute approximate surface area is 323 Å². The molecule has 11 aromatic rings. The van der Waals surface area contributed by atoms with Crippen LogP contribution in [0.1, 0.15) is 11.0 Å². The van der Waals surface area contributed by atoms with E-state index in [1.165, 1.54) is 0 Å². The third-order valence-corrected chi connectivity index (χ3v) is 10.3. The van der Waals surface area contributed by atoms with E-state index in [2.05, 4.69) is 24.3 Å². The predicted octanol–water partition coefficient (Wildman–Crippen LogP) is 15.0. The van der Waals surface area contributed by atoms with Crippen LogP contribution in [0, 0.1) is 0 Å². The molecule has 0 aliphatic carbocycles.